The van der Waals surface area contributed by atoms with Crippen molar-refractivity contribution in [3.63, 3.8) is 0 Å². The van der Waals surface area contributed by atoms with Gasteiger partial charge < -0.3 is 9.47 Å². The second kappa shape index (κ2) is 9.09. The summed E-state index contributed by atoms with van der Waals surface area (Å²) < 4.78 is 2.20. The van der Waals surface area contributed by atoms with Crippen LogP contribution < -0.4 is 0 Å². The average Bonchev–Trinajstić information content (AvgIpc) is 3.46. The van der Waals surface area contributed by atoms with Gasteiger partial charge in [-0.3, -0.25) is 4.79 Å². The molecule has 0 spiro atoms. The molecule has 1 heterocycles. The van der Waals surface area contributed by atoms with Crippen molar-refractivity contribution < 1.29 is 4.79 Å². The van der Waals surface area contributed by atoms with Crippen LogP contribution in [0.2, 0.25) is 5.02 Å². The minimum absolute atomic E-state index is 0.105. The van der Waals surface area contributed by atoms with Crippen molar-refractivity contribution in [1.29, 1.82) is 0 Å². The molecule has 4 heteroatoms. The smallest absolute Gasteiger partial charge is 0.226 e. The Morgan fingerprint density at radius 3 is 2.57 bits per heavy atom. The van der Waals surface area contributed by atoms with Crippen molar-refractivity contribution in [2.75, 3.05) is 0 Å². The number of hydrogen-bond donors (Lipinski definition) is 0. The van der Waals surface area contributed by atoms with Gasteiger partial charge in [-0.2, -0.15) is 0 Å². The maximum atomic E-state index is 13.4. The Kier molecular flexibility index (Phi) is 6.29. The van der Waals surface area contributed by atoms with Crippen LogP contribution >= 0.6 is 11.6 Å². The third-order valence-electron chi connectivity index (χ3n) is 6.30. The summed E-state index contributed by atoms with van der Waals surface area (Å²) in [5.41, 5.74) is 3.51. The predicted octanol–water partition coefficient (Wildman–Crippen LogP) is 6.12. The molecule has 1 aliphatic rings. The van der Waals surface area contributed by atoms with E-state index in [1.165, 1.54) is 5.56 Å². The van der Waals surface area contributed by atoms with Gasteiger partial charge >= 0.3 is 0 Å². The van der Waals surface area contributed by atoms with Crippen LogP contribution in [0.3, 0.4) is 0 Å². The number of hydrogen-bond acceptors (Lipinski definition) is 1. The summed E-state index contributed by atoms with van der Waals surface area (Å²) >= 11 is 6.37. The quantitative estimate of drug-likeness (QED) is 0.431. The van der Waals surface area contributed by atoms with E-state index in [0.717, 1.165) is 29.1 Å². The van der Waals surface area contributed by atoms with Crippen LogP contribution in [0.25, 0.3) is 0 Å². The monoisotopic (exact) mass is 420 g/mol. The van der Waals surface area contributed by atoms with Gasteiger partial charge in [-0.1, -0.05) is 67.1 Å². The van der Waals surface area contributed by atoms with E-state index >= 15 is 0 Å². The molecule has 0 radical (unpaired) electrons. The second-order valence-electron chi connectivity index (χ2n) is 8.30. The van der Waals surface area contributed by atoms with E-state index in [2.05, 4.69) is 72.0 Å². The first kappa shape index (κ1) is 20.7. The predicted molar refractivity (Wildman–Crippen MR) is 123 cm³/mol. The third kappa shape index (κ3) is 4.46. The zero-order valence-electron chi connectivity index (χ0n) is 17.7. The Hall–Kier alpha value is -2.52. The molecule has 1 aliphatic carbocycles. The number of amides is 1. The summed E-state index contributed by atoms with van der Waals surface area (Å²) in [7, 11) is 0. The lowest BCUT2D eigenvalue weighted by Gasteiger charge is -2.29. The first-order valence-corrected chi connectivity index (χ1v) is 11.2. The van der Waals surface area contributed by atoms with Gasteiger partial charge in [0.1, 0.15) is 0 Å². The molecular weight excluding hydrogens is 392 g/mol. The highest BCUT2D eigenvalue weighted by Crippen LogP contribution is 2.48. The van der Waals surface area contributed by atoms with E-state index in [1.807, 2.05) is 24.3 Å². The Morgan fingerprint density at radius 1 is 1.10 bits per heavy atom. The zero-order valence-corrected chi connectivity index (χ0v) is 18.4. The van der Waals surface area contributed by atoms with Crippen LogP contribution in [0.1, 0.15) is 49.4 Å². The van der Waals surface area contributed by atoms with Gasteiger partial charge in [-0.25, -0.2) is 0 Å². The Morgan fingerprint density at radius 2 is 1.83 bits per heavy atom. The largest absolute Gasteiger partial charge is 0.345 e. The second-order valence-corrected chi connectivity index (χ2v) is 8.71. The molecule has 1 aromatic heterocycles. The van der Waals surface area contributed by atoms with Crippen LogP contribution in [-0.4, -0.2) is 21.4 Å². The number of aromatic nitrogens is 1. The molecule has 3 nitrogen and oxygen atoms in total. The van der Waals surface area contributed by atoms with E-state index < -0.39 is 0 Å². The van der Waals surface area contributed by atoms with Crippen LogP contribution in [0.5, 0.6) is 0 Å². The Bertz CT molecular complexity index is 997. The standard InChI is InChI=1S/C26H29ClN2O/c1-3-19(2)29(26(30)24-16-23(24)20-10-5-4-6-11-20)18-22-13-9-15-28(22)17-21-12-7-8-14-25(21)27/h4-15,19,23-24H,3,16-18H2,1-2H3/t19-,23-,24+/m0/s1. The Labute approximate surface area is 184 Å². The summed E-state index contributed by atoms with van der Waals surface area (Å²) in [4.78, 5) is 15.5. The fourth-order valence-corrected chi connectivity index (χ4v) is 4.35. The lowest BCUT2D eigenvalue weighted by atomic mass is 10.1. The zero-order chi connectivity index (χ0) is 21.1. The number of nitrogens with zero attached hydrogens (tertiary/aromatic N) is 2. The minimum atomic E-state index is 0.105. The molecule has 30 heavy (non-hydrogen) atoms. The summed E-state index contributed by atoms with van der Waals surface area (Å²) in [6.45, 7) is 5.64. The molecule has 0 N–H and O–H groups in total. The van der Waals surface area contributed by atoms with Gasteiger partial charge in [-0.05, 0) is 55.0 Å². The van der Waals surface area contributed by atoms with Crippen molar-refractivity contribution in [3.8, 4) is 0 Å². The van der Waals surface area contributed by atoms with Crippen LogP contribution in [0, 0.1) is 5.92 Å². The molecule has 2 aromatic carbocycles. The molecule has 4 rings (SSSR count). The van der Waals surface area contributed by atoms with Crippen molar-refractivity contribution in [2.45, 2.75) is 51.7 Å². The fourth-order valence-electron chi connectivity index (χ4n) is 4.15. The molecule has 0 aliphatic heterocycles. The van der Waals surface area contributed by atoms with E-state index in [4.69, 9.17) is 11.6 Å². The van der Waals surface area contributed by atoms with E-state index in [0.29, 0.717) is 19.0 Å². The molecule has 0 bridgehead atoms. The number of carbonyl (C=O) groups is 1. The molecule has 3 aromatic rings. The highest BCUT2D eigenvalue weighted by Gasteiger charge is 2.46. The molecule has 1 saturated carbocycles. The molecule has 1 fully saturated rings. The van der Waals surface area contributed by atoms with Crippen molar-refractivity contribution >= 4 is 17.5 Å². The normalized spacial score (nSPS) is 18.8. The van der Waals surface area contributed by atoms with Crippen molar-refractivity contribution in [2.24, 2.45) is 5.92 Å². The lowest BCUT2D eigenvalue weighted by molar-refractivity contribution is -0.135. The van der Waals surface area contributed by atoms with Gasteiger partial charge in [-0.15, -0.1) is 0 Å². The SMILES string of the molecule is CC[C@H](C)N(Cc1cccn1Cc1ccccc1Cl)C(=O)[C@@H]1C[C@H]1c1ccccc1. The molecule has 1 amide bonds. The molecule has 3 atom stereocenters. The summed E-state index contributed by atoms with van der Waals surface area (Å²) in [6, 6.07) is 22.7. The topological polar surface area (TPSA) is 25.2 Å². The molecular formula is C26H29ClN2O. The number of benzene rings is 2. The van der Waals surface area contributed by atoms with Crippen LogP contribution in [-0.2, 0) is 17.9 Å². The van der Waals surface area contributed by atoms with Crippen molar-refractivity contribution in [3.05, 3.63) is 94.8 Å². The minimum Gasteiger partial charge on any atom is -0.345 e. The fraction of sp³-hybridized carbons (Fsp3) is 0.346. The van der Waals surface area contributed by atoms with E-state index in [1.54, 1.807) is 0 Å². The maximum Gasteiger partial charge on any atom is 0.226 e. The van der Waals surface area contributed by atoms with Crippen LogP contribution in [0.15, 0.2) is 72.9 Å². The summed E-state index contributed by atoms with van der Waals surface area (Å²) in [6.07, 6.45) is 3.97. The van der Waals surface area contributed by atoms with Crippen LogP contribution in [0.4, 0.5) is 0 Å². The molecule has 0 unspecified atom stereocenters. The lowest BCUT2D eigenvalue weighted by Crippen LogP contribution is -2.39. The molecule has 0 saturated heterocycles. The van der Waals surface area contributed by atoms with Gasteiger partial charge in [0.05, 0.1) is 6.54 Å². The van der Waals surface area contributed by atoms with Gasteiger partial charge in [0.15, 0.2) is 0 Å². The highest BCUT2D eigenvalue weighted by atomic mass is 35.5. The van der Waals surface area contributed by atoms with E-state index in [9.17, 15) is 4.79 Å². The van der Waals surface area contributed by atoms with Gasteiger partial charge in [0.25, 0.3) is 0 Å². The molecule has 156 valence electrons. The van der Waals surface area contributed by atoms with Gasteiger partial charge in [0.2, 0.25) is 5.91 Å². The average molecular weight is 421 g/mol. The maximum absolute atomic E-state index is 13.4. The van der Waals surface area contributed by atoms with Gasteiger partial charge in [0, 0.05) is 35.4 Å². The Balaban J connectivity index is 1.50. The summed E-state index contributed by atoms with van der Waals surface area (Å²) in [5.74, 6) is 0.747. The van der Waals surface area contributed by atoms with Crippen molar-refractivity contribution in [1.82, 2.24) is 9.47 Å². The summed E-state index contributed by atoms with van der Waals surface area (Å²) in [5, 5.41) is 0.774. The third-order valence-corrected chi connectivity index (χ3v) is 6.66. The first-order chi connectivity index (χ1) is 14.6. The first-order valence-electron chi connectivity index (χ1n) is 10.8. The number of halogens is 1. The number of rotatable bonds is 8. The highest BCUT2D eigenvalue weighted by molar-refractivity contribution is 6.31. The van der Waals surface area contributed by atoms with E-state index in [-0.39, 0.29) is 17.9 Å². The number of carbonyl (C=O) groups excluding carboxylic acids is 1.